The zero-order valence-electron chi connectivity index (χ0n) is 10.5. The van der Waals surface area contributed by atoms with E-state index in [1.165, 1.54) is 11.1 Å². The highest BCUT2D eigenvalue weighted by molar-refractivity contribution is 9.10. The van der Waals surface area contributed by atoms with Crippen molar-refractivity contribution >= 4 is 21.9 Å². The number of halogens is 1. The highest BCUT2D eigenvalue weighted by atomic mass is 79.9. The van der Waals surface area contributed by atoms with Crippen molar-refractivity contribution in [2.45, 2.75) is 26.3 Å². The molecule has 1 aromatic carbocycles. The third-order valence-corrected chi connectivity index (χ3v) is 4.05. The van der Waals surface area contributed by atoms with Crippen molar-refractivity contribution in [3.05, 3.63) is 33.8 Å². The second kappa shape index (κ2) is 5.85. The maximum absolute atomic E-state index is 11.0. The van der Waals surface area contributed by atoms with Crippen LogP contribution in [0, 0.1) is 12.8 Å². The van der Waals surface area contributed by atoms with Crippen molar-refractivity contribution < 1.29 is 9.90 Å². The Morgan fingerprint density at radius 1 is 1.56 bits per heavy atom. The zero-order chi connectivity index (χ0) is 13.1. The molecule has 1 aromatic rings. The molecular formula is C14H18BrNO2. The first kappa shape index (κ1) is 13.6. The molecule has 1 aliphatic heterocycles. The average molecular weight is 312 g/mol. The van der Waals surface area contributed by atoms with E-state index >= 15 is 0 Å². The van der Waals surface area contributed by atoms with Gasteiger partial charge < -0.3 is 5.11 Å². The number of benzene rings is 1. The Balaban J connectivity index is 2.02. The van der Waals surface area contributed by atoms with Gasteiger partial charge in [0.2, 0.25) is 0 Å². The summed E-state index contributed by atoms with van der Waals surface area (Å²) >= 11 is 3.46. The molecule has 3 nitrogen and oxygen atoms in total. The van der Waals surface area contributed by atoms with Gasteiger partial charge in [0, 0.05) is 17.6 Å². The Morgan fingerprint density at radius 3 is 3.00 bits per heavy atom. The molecule has 0 aliphatic carbocycles. The molecule has 0 bridgehead atoms. The second-order valence-corrected chi connectivity index (χ2v) is 5.90. The van der Waals surface area contributed by atoms with E-state index in [0.717, 1.165) is 30.4 Å². The molecule has 1 fully saturated rings. The summed E-state index contributed by atoms with van der Waals surface area (Å²) in [5.41, 5.74) is 2.53. The van der Waals surface area contributed by atoms with Crippen LogP contribution in [0.3, 0.4) is 0 Å². The van der Waals surface area contributed by atoms with Gasteiger partial charge in [0.05, 0.1) is 5.92 Å². The van der Waals surface area contributed by atoms with Gasteiger partial charge in [0.15, 0.2) is 0 Å². The summed E-state index contributed by atoms with van der Waals surface area (Å²) in [5, 5.41) is 9.08. The standard InChI is InChI=1S/C14H18BrNO2/c1-10-7-13(15)5-4-11(10)8-16-6-2-3-12(9-16)14(17)18/h4-5,7,12H,2-3,6,8-9H2,1H3,(H,17,18). The maximum atomic E-state index is 11.0. The van der Waals surface area contributed by atoms with Gasteiger partial charge in [0.1, 0.15) is 0 Å². The van der Waals surface area contributed by atoms with Crippen molar-refractivity contribution in [1.29, 1.82) is 0 Å². The van der Waals surface area contributed by atoms with E-state index in [1.807, 2.05) is 6.07 Å². The molecule has 1 N–H and O–H groups in total. The summed E-state index contributed by atoms with van der Waals surface area (Å²) in [5.74, 6) is -0.860. The molecule has 1 saturated heterocycles. The largest absolute Gasteiger partial charge is 0.481 e. The molecule has 18 heavy (non-hydrogen) atoms. The van der Waals surface area contributed by atoms with Crippen molar-refractivity contribution in [1.82, 2.24) is 4.90 Å². The van der Waals surface area contributed by atoms with Crippen LogP contribution in [0.2, 0.25) is 0 Å². The molecule has 0 aromatic heterocycles. The van der Waals surface area contributed by atoms with Gasteiger partial charge in [-0.3, -0.25) is 9.69 Å². The molecule has 1 unspecified atom stereocenters. The summed E-state index contributed by atoms with van der Waals surface area (Å²) in [6, 6.07) is 6.26. The number of hydrogen-bond donors (Lipinski definition) is 1. The second-order valence-electron chi connectivity index (χ2n) is 4.98. The Bertz CT molecular complexity index is 447. The fourth-order valence-electron chi connectivity index (χ4n) is 2.48. The highest BCUT2D eigenvalue weighted by Gasteiger charge is 2.25. The topological polar surface area (TPSA) is 40.5 Å². The molecule has 0 amide bonds. The Kier molecular flexibility index (Phi) is 4.40. The predicted octanol–water partition coefficient (Wildman–Crippen LogP) is 3.05. The molecule has 0 spiro atoms. The van der Waals surface area contributed by atoms with E-state index in [-0.39, 0.29) is 5.92 Å². The normalized spacial score (nSPS) is 20.9. The fourth-order valence-corrected chi connectivity index (χ4v) is 2.95. The van der Waals surface area contributed by atoms with E-state index in [9.17, 15) is 4.79 Å². The number of carboxylic acids is 1. The van der Waals surface area contributed by atoms with Crippen molar-refractivity contribution in [2.24, 2.45) is 5.92 Å². The number of piperidine rings is 1. The number of hydrogen-bond acceptors (Lipinski definition) is 2. The van der Waals surface area contributed by atoms with Crippen LogP contribution in [0.25, 0.3) is 0 Å². The molecule has 0 saturated carbocycles. The number of aliphatic carboxylic acids is 1. The van der Waals surface area contributed by atoms with Crippen LogP contribution in [-0.2, 0) is 11.3 Å². The predicted molar refractivity (Wildman–Crippen MR) is 74.5 cm³/mol. The third-order valence-electron chi connectivity index (χ3n) is 3.55. The van der Waals surface area contributed by atoms with Gasteiger partial charge in [-0.2, -0.15) is 0 Å². The lowest BCUT2D eigenvalue weighted by Crippen LogP contribution is -2.38. The van der Waals surface area contributed by atoms with Crippen LogP contribution in [0.5, 0.6) is 0 Å². The molecule has 4 heteroatoms. The molecule has 1 aliphatic rings. The lowest BCUT2D eigenvalue weighted by atomic mass is 9.97. The molecule has 98 valence electrons. The quantitative estimate of drug-likeness (QED) is 0.932. The number of carboxylic acid groups (broad SMARTS) is 1. The van der Waals surface area contributed by atoms with Gasteiger partial charge in [-0.15, -0.1) is 0 Å². The smallest absolute Gasteiger partial charge is 0.307 e. The number of carbonyl (C=O) groups is 1. The van der Waals surface area contributed by atoms with Gasteiger partial charge in [0.25, 0.3) is 0 Å². The summed E-state index contributed by atoms with van der Waals surface area (Å²) in [7, 11) is 0. The van der Waals surface area contributed by atoms with Crippen LogP contribution in [-0.4, -0.2) is 29.1 Å². The first-order valence-corrected chi connectivity index (χ1v) is 7.06. The van der Waals surface area contributed by atoms with E-state index in [4.69, 9.17) is 5.11 Å². The van der Waals surface area contributed by atoms with Gasteiger partial charge in [-0.25, -0.2) is 0 Å². The summed E-state index contributed by atoms with van der Waals surface area (Å²) in [6.07, 6.45) is 1.79. The first-order valence-electron chi connectivity index (χ1n) is 6.26. The van der Waals surface area contributed by atoms with Crippen molar-refractivity contribution in [3.8, 4) is 0 Å². The van der Waals surface area contributed by atoms with Crippen LogP contribution < -0.4 is 0 Å². The van der Waals surface area contributed by atoms with Gasteiger partial charge in [-0.05, 0) is 49.6 Å². The number of likely N-dealkylation sites (tertiary alicyclic amines) is 1. The highest BCUT2D eigenvalue weighted by Crippen LogP contribution is 2.21. The van der Waals surface area contributed by atoms with E-state index in [0.29, 0.717) is 6.54 Å². The minimum Gasteiger partial charge on any atom is -0.481 e. The summed E-state index contributed by atoms with van der Waals surface area (Å²) < 4.78 is 1.09. The van der Waals surface area contributed by atoms with Gasteiger partial charge in [-0.1, -0.05) is 22.0 Å². The lowest BCUT2D eigenvalue weighted by Gasteiger charge is -2.31. The van der Waals surface area contributed by atoms with E-state index in [1.54, 1.807) is 0 Å². The molecule has 0 radical (unpaired) electrons. The first-order chi connectivity index (χ1) is 8.56. The fraction of sp³-hybridized carbons (Fsp3) is 0.500. The summed E-state index contributed by atoms with van der Waals surface area (Å²) in [4.78, 5) is 13.3. The van der Waals surface area contributed by atoms with Gasteiger partial charge >= 0.3 is 5.97 Å². The van der Waals surface area contributed by atoms with Crippen LogP contribution in [0.1, 0.15) is 24.0 Å². The number of aryl methyl sites for hydroxylation is 1. The third kappa shape index (κ3) is 3.33. The van der Waals surface area contributed by atoms with Crippen LogP contribution >= 0.6 is 15.9 Å². The molecule has 1 heterocycles. The number of rotatable bonds is 3. The monoisotopic (exact) mass is 311 g/mol. The van der Waals surface area contributed by atoms with Crippen LogP contribution in [0.15, 0.2) is 22.7 Å². The molecular weight excluding hydrogens is 294 g/mol. The molecule has 2 rings (SSSR count). The lowest BCUT2D eigenvalue weighted by molar-refractivity contribution is -0.143. The van der Waals surface area contributed by atoms with E-state index < -0.39 is 5.97 Å². The summed E-state index contributed by atoms with van der Waals surface area (Å²) in [6.45, 7) is 4.62. The maximum Gasteiger partial charge on any atom is 0.307 e. The Morgan fingerprint density at radius 2 is 2.33 bits per heavy atom. The SMILES string of the molecule is Cc1cc(Br)ccc1CN1CCCC(C(=O)O)C1. The Labute approximate surface area is 116 Å². The minimum absolute atomic E-state index is 0.200. The van der Waals surface area contributed by atoms with Crippen molar-refractivity contribution in [3.63, 3.8) is 0 Å². The van der Waals surface area contributed by atoms with E-state index in [2.05, 4.69) is 39.9 Å². The average Bonchev–Trinajstić information content (AvgIpc) is 2.33. The van der Waals surface area contributed by atoms with Crippen LogP contribution in [0.4, 0.5) is 0 Å². The molecule has 1 atom stereocenters. The Hall–Kier alpha value is -0.870. The zero-order valence-corrected chi connectivity index (χ0v) is 12.1. The minimum atomic E-state index is -0.660. The number of nitrogens with zero attached hydrogens (tertiary/aromatic N) is 1. The van der Waals surface area contributed by atoms with Crippen molar-refractivity contribution in [2.75, 3.05) is 13.1 Å².